The maximum absolute atomic E-state index is 11.5. The fraction of sp³-hybridized carbons (Fsp3) is 0.158. The van der Waals surface area contributed by atoms with Crippen LogP contribution in [0.15, 0.2) is 65.8 Å². The smallest absolute Gasteiger partial charge is 0.336 e. The molecule has 0 amide bonds. The van der Waals surface area contributed by atoms with Crippen molar-refractivity contribution in [1.82, 2.24) is 9.55 Å². The van der Waals surface area contributed by atoms with E-state index >= 15 is 0 Å². The number of carbonyl (C=O) groups is 1. The predicted molar refractivity (Wildman–Crippen MR) is 97.1 cm³/mol. The molecule has 134 valence electrons. The normalized spacial score (nSPS) is 11.4. The zero-order valence-corrected chi connectivity index (χ0v) is 15.0. The number of nitrogens with zero attached hydrogens (tertiary/aromatic N) is 2. The molecule has 0 spiro atoms. The van der Waals surface area contributed by atoms with Crippen molar-refractivity contribution in [2.75, 3.05) is 6.26 Å². The Labute approximate surface area is 151 Å². The summed E-state index contributed by atoms with van der Waals surface area (Å²) in [4.78, 5) is 16.0. The standard InChI is InChI=1S/C19H18N2O4S/c1-26(24,25)16-8-6-14(7-9-16)12-18-20-10-11-21(18)13-15-4-2-3-5-17(15)19(22)23/h2-11H,12-13H2,1H3,(H,22,23). The number of carboxylic acids is 1. The SMILES string of the molecule is CS(=O)(=O)c1ccc(Cc2nccn2Cc2ccccc2C(=O)O)cc1. The largest absolute Gasteiger partial charge is 0.478 e. The van der Waals surface area contributed by atoms with Gasteiger partial charge in [0.1, 0.15) is 5.82 Å². The molecule has 0 saturated heterocycles. The first-order chi connectivity index (χ1) is 12.3. The molecule has 7 heteroatoms. The summed E-state index contributed by atoms with van der Waals surface area (Å²) in [6, 6.07) is 13.6. The van der Waals surface area contributed by atoms with Crippen molar-refractivity contribution in [3.63, 3.8) is 0 Å². The average Bonchev–Trinajstić information content (AvgIpc) is 3.02. The molecule has 2 aromatic carbocycles. The number of benzene rings is 2. The van der Waals surface area contributed by atoms with Crippen molar-refractivity contribution in [2.24, 2.45) is 0 Å². The summed E-state index contributed by atoms with van der Waals surface area (Å²) in [7, 11) is -3.22. The van der Waals surface area contributed by atoms with E-state index in [-0.39, 0.29) is 10.5 Å². The zero-order chi connectivity index (χ0) is 18.7. The molecule has 0 aliphatic rings. The summed E-state index contributed by atoms with van der Waals surface area (Å²) in [5.74, 6) is -0.184. The fourth-order valence-corrected chi connectivity index (χ4v) is 3.37. The summed E-state index contributed by atoms with van der Waals surface area (Å²) in [6.07, 6.45) is 5.17. The number of sulfone groups is 1. The van der Waals surface area contributed by atoms with Crippen molar-refractivity contribution >= 4 is 15.8 Å². The van der Waals surface area contributed by atoms with E-state index in [4.69, 9.17) is 0 Å². The van der Waals surface area contributed by atoms with Gasteiger partial charge in [-0.15, -0.1) is 0 Å². The minimum Gasteiger partial charge on any atom is -0.478 e. The number of carboxylic acid groups (broad SMARTS) is 1. The van der Waals surface area contributed by atoms with Crippen molar-refractivity contribution in [3.05, 3.63) is 83.4 Å². The van der Waals surface area contributed by atoms with Gasteiger partial charge in [0.2, 0.25) is 0 Å². The summed E-state index contributed by atoms with van der Waals surface area (Å²) in [5, 5.41) is 9.32. The molecule has 1 aromatic heterocycles. The van der Waals surface area contributed by atoms with Crippen molar-refractivity contribution in [2.45, 2.75) is 17.9 Å². The van der Waals surface area contributed by atoms with Gasteiger partial charge >= 0.3 is 5.97 Å². The van der Waals surface area contributed by atoms with Crippen LogP contribution in [-0.4, -0.2) is 35.3 Å². The van der Waals surface area contributed by atoms with Crippen LogP contribution >= 0.6 is 0 Å². The Morgan fingerprint density at radius 2 is 1.81 bits per heavy atom. The first kappa shape index (κ1) is 17.9. The predicted octanol–water partition coefficient (Wildman–Crippen LogP) is 2.62. The maximum Gasteiger partial charge on any atom is 0.336 e. The van der Waals surface area contributed by atoms with E-state index in [0.717, 1.165) is 11.4 Å². The second-order valence-electron chi connectivity index (χ2n) is 6.03. The van der Waals surface area contributed by atoms with Gasteiger partial charge in [-0.25, -0.2) is 18.2 Å². The Bertz CT molecular complexity index is 1040. The van der Waals surface area contributed by atoms with E-state index in [1.807, 2.05) is 10.6 Å². The molecule has 0 bridgehead atoms. The van der Waals surface area contributed by atoms with E-state index in [0.29, 0.717) is 18.5 Å². The first-order valence-corrected chi connectivity index (χ1v) is 9.84. The highest BCUT2D eigenvalue weighted by atomic mass is 32.2. The summed E-state index contributed by atoms with van der Waals surface area (Å²) < 4.78 is 25.0. The summed E-state index contributed by atoms with van der Waals surface area (Å²) >= 11 is 0. The monoisotopic (exact) mass is 370 g/mol. The zero-order valence-electron chi connectivity index (χ0n) is 14.2. The maximum atomic E-state index is 11.5. The molecular weight excluding hydrogens is 352 g/mol. The number of aromatic nitrogens is 2. The lowest BCUT2D eigenvalue weighted by atomic mass is 10.1. The van der Waals surface area contributed by atoms with Crippen LogP contribution in [0.3, 0.4) is 0 Å². The van der Waals surface area contributed by atoms with Crippen LogP contribution in [0.2, 0.25) is 0 Å². The third kappa shape index (κ3) is 4.00. The molecule has 0 radical (unpaired) electrons. The molecule has 6 nitrogen and oxygen atoms in total. The minimum atomic E-state index is -3.22. The molecule has 3 rings (SSSR count). The van der Waals surface area contributed by atoms with Gasteiger partial charge in [-0.3, -0.25) is 0 Å². The van der Waals surface area contributed by atoms with Crippen molar-refractivity contribution < 1.29 is 18.3 Å². The lowest BCUT2D eigenvalue weighted by Crippen LogP contribution is -2.09. The lowest BCUT2D eigenvalue weighted by molar-refractivity contribution is 0.0695. The van der Waals surface area contributed by atoms with Gasteiger partial charge in [-0.1, -0.05) is 30.3 Å². The second-order valence-corrected chi connectivity index (χ2v) is 8.04. The van der Waals surface area contributed by atoms with Gasteiger partial charge in [0.05, 0.1) is 10.5 Å². The Hall–Kier alpha value is -2.93. The molecule has 3 aromatic rings. The number of rotatable bonds is 6. The van der Waals surface area contributed by atoms with Gasteiger partial charge in [0.15, 0.2) is 9.84 Å². The Kier molecular flexibility index (Phi) is 4.90. The van der Waals surface area contributed by atoms with E-state index in [1.165, 1.54) is 6.26 Å². The Morgan fingerprint density at radius 3 is 2.46 bits per heavy atom. The fourth-order valence-electron chi connectivity index (χ4n) is 2.74. The third-order valence-corrected chi connectivity index (χ3v) is 5.23. The highest BCUT2D eigenvalue weighted by molar-refractivity contribution is 7.90. The highest BCUT2D eigenvalue weighted by Crippen LogP contribution is 2.16. The van der Waals surface area contributed by atoms with Crippen LogP contribution < -0.4 is 0 Å². The van der Waals surface area contributed by atoms with Gasteiger partial charge in [0.25, 0.3) is 0 Å². The number of hydrogen-bond donors (Lipinski definition) is 1. The molecule has 1 heterocycles. The molecule has 1 N–H and O–H groups in total. The molecule has 0 fully saturated rings. The van der Waals surface area contributed by atoms with Gasteiger partial charge in [-0.2, -0.15) is 0 Å². The van der Waals surface area contributed by atoms with Crippen molar-refractivity contribution in [1.29, 1.82) is 0 Å². The molecular formula is C19H18N2O4S. The van der Waals surface area contributed by atoms with Gasteiger partial charge in [0, 0.05) is 31.6 Å². The van der Waals surface area contributed by atoms with Crippen LogP contribution in [0.25, 0.3) is 0 Å². The van der Waals surface area contributed by atoms with Crippen molar-refractivity contribution in [3.8, 4) is 0 Å². The van der Waals surface area contributed by atoms with Crippen LogP contribution in [0, 0.1) is 0 Å². The summed E-state index contributed by atoms with van der Waals surface area (Å²) in [6.45, 7) is 0.402. The van der Waals surface area contributed by atoms with Crippen LogP contribution in [-0.2, 0) is 22.8 Å². The van der Waals surface area contributed by atoms with Gasteiger partial charge < -0.3 is 9.67 Å². The molecule has 0 unspecified atom stereocenters. The molecule has 26 heavy (non-hydrogen) atoms. The number of imidazole rings is 1. The lowest BCUT2D eigenvalue weighted by Gasteiger charge is -2.10. The number of aromatic carboxylic acids is 1. The van der Waals surface area contributed by atoms with E-state index in [9.17, 15) is 18.3 Å². The van der Waals surface area contributed by atoms with Gasteiger partial charge in [-0.05, 0) is 29.3 Å². The van der Waals surface area contributed by atoms with E-state index in [1.54, 1.807) is 54.9 Å². The number of hydrogen-bond acceptors (Lipinski definition) is 4. The Balaban J connectivity index is 1.83. The van der Waals surface area contributed by atoms with E-state index < -0.39 is 15.8 Å². The van der Waals surface area contributed by atoms with Crippen LogP contribution in [0.5, 0.6) is 0 Å². The topological polar surface area (TPSA) is 89.3 Å². The van der Waals surface area contributed by atoms with E-state index in [2.05, 4.69) is 4.98 Å². The quantitative estimate of drug-likeness (QED) is 0.720. The third-order valence-electron chi connectivity index (χ3n) is 4.10. The molecule has 0 aliphatic carbocycles. The highest BCUT2D eigenvalue weighted by Gasteiger charge is 2.12. The molecule has 0 aliphatic heterocycles. The average molecular weight is 370 g/mol. The van der Waals surface area contributed by atoms with Crippen LogP contribution in [0.1, 0.15) is 27.3 Å². The second kappa shape index (κ2) is 7.13. The van der Waals surface area contributed by atoms with Crippen LogP contribution in [0.4, 0.5) is 0 Å². The minimum absolute atomic E-state index is 0.268. The molecule has 0 atom stereocenters. The first-order valence-electron chi connectivity index (χ1n) is 7.95. The molecule has 0 saturated carbocycles. The Morgan fingerprint density at radius 1 is 1.12 bits per heavy atom. The summed E-state index contributed by atoms with van der Waals surface area (Å²) in [5.41, 5.74) is 1.90.